The van der Waals surface area contributed by atoms with Crippen molar-refractivity contribution in [2.24, 2.45) is 0 Å². The van der Waals surface area contributed by atoms with Gasteiger partial charge in [0.15, 0.2) is 6.10 Å². The summed E-state index contributed by atoms with van der Waals surface area (Å²) in [5, 5.41) is 4.84. The summed E-state index contributed by atoms with van der Waals surface area (Å²) in [6.45, 7) is 0.930. The summed E-state index contributed by atoms with van der Waals surface area (Å²) in [6, 6.07) is 9.86. The highest BCUT2D eigenvalue weighted by atomic mass is 35.5. The van der Waals surface area contributed by atoms with Gasteiger partial charge in [-0.05, 0) is 43.3 Å². The standard InChI is InChI=1S/C19H18ClFN2O5/c1-11(18(25)23-16-7-6-13(21)9-15(16)20)28-17(24)10-22-19(26)12-4-3-5-14(8-12)27-2/h3-9,11H,10H2,1-2H3,(H,22,26)(H,23,25)/t11-/m1/s1. The van der Waals surface area contributed by atoms with Crippen LogP contribution < -0.4 is 15.4 Å². The molecule has 0 bridgehead atoms. The Morgan fingerprint density at radius 3 is 2.61 bits per heavy atom. The molecule has 1 atom stereocenters. The number of hydrogen-bond donors (Lipinski definition) is 2. The number of esters is 1. The third kappa shape index (κ3) is 5.95. The van der Waals surface area contributed by atoms with Crippen LogP contribution >= 0.6 is 11.6 Å². The second-order valence-electron chi connectivity index (χ2n) is 5.66. The number of nitrogens with one attached hydrogen (secondary N) is 2. The molecule has 9 heteroatoms. The maximum absolute atomic E-state index is 13.0. The Morgan fingerprint density at radius 2 is 1.93 bits per heavy atom. The lowest BCUT2D eigenvalue weighted by Gasteiger charge is -2.14. The number of methoxy groups -OCH3 is 1. The summed E-state index contributed by atoms with van der Waals surface area (Å²) in [7, 11) is 1.47. The van der Waals surface area contributed by atoms with E-state index in [2.05, 4.69) is 10.6 Å². The smallest absolute Gasteiger partial charge is 0.326 e. The second kappa shape index (κ2) is 9.70. The Kier molecular flexibility index (Phi) is 7.34. The van der Waals surface area contributed by atoms with E-state index in [1.807, 2.05) is 0 Å². The first-order valence-corrected chi connectivity index (χ1v) is 8.55. The predicted octanol–water partition coefficient (Wildman–Crippen LogP) is 2.79. The summed E-state index contributed by atoms with van der Waals surface area (Å²) >= 11 is 5.83. The van der Waals surface area contributed by atoms with Gasteiger partial charge in [0.05, 0.1) is 17.8 Å². The fourth-order valence-electron chi connectivity index (χ4n) is 2.14. The van der Waals surface area contributed by atoms with E-state index < -0.39 is 36.2 Å². The number of hydrogen-bond acceptors (Lipinski definition) is 5. The number of carbonyl (C=O) groups excluding carboxylic acids is 3. The molecule has 2 aromatic carbocycles. The van der Waals surface area contributed by atoms with Crippen molar-refractivity contribution in [3.63, 3.8) is 0 Å². The molecule has 0 aliphatic heterocycles. The van der Waals surface area contributed by atoms with Gasteiger partial charge in [-0.2, -0.15) is 0 Å². The number of ether oxygens (including phenoxy) is 2. The van der Waals surface area contributed by atoms with Crippen molar-refractivity contribution in [3.05, 3.63) is 58.9 Å². The molecule has 0 aliphatic rings. The van der Waals surface area contributed by atoms with Crippen LogP contribution in [0.3, 0.4) is 0 Å². The Balaban J connectivity index is 1.84. The van der Waals surface area contributed by atoms with Gasteiger partial charge in [0.25, 0.3) is 11.8 Å². The van der Waals surface area contributed by atoms with Gasteiger partial charge in [-0.15, -0.1) is 0 Å². The normalized spacial score (nSPS) is 11.3. The van der Waals surface area contributed by atoms with Crippen LogP contribution in [0.5, 0.6) is 5.75 Å². The van der Waals surface area contributed by atoms with Gasteiger partial charge in [-0.25, -0.2) is 4.39 Å². The molecule has 2 N–H and O–H groups in total. The molecule has 0 saturated heterocycles. The van der Waals surface area contributed by atoms with Gasteiger partial charge in [0.1, 0.15) is 18.1 Å². The van der Waals surface area contributed by atoms with E-state index in [0.29, 0.717) is 11.3 Å². The Hall–Kier alpha value is -3.13. The van der Waals surface area contributed by atoms with Crippen LogP contribution in [0, 0.1) is 5.82 Å². The Bertz CT molecular complexity index is 890. The molecule has 148 valence electrons. The molecule has 0 aliphatic carbocycles. The average Bonchev–Trinajstić information content (AvgIpc) is 2.68. The molecule has 0 fully saturated rings. The average molecular weight is 409 g/mol. The van der Waals surface area contributed by atoms with Crippen LogP contribution in [-0.2, 0) is 14.3 Å². The third-order valence-electron chi connectivity index (χ3n) is 3.59. The minimum absolute atomic E-state index is 0.0115. The lowest BCUT2D eigenvalue weighted by Crippen LogP contribution is -2.35. The molecular weight excluding hydrogens is 391 g/mol. The highest BCUT2D eigenvalue weighted by Gasteiger charge is 2.19. The van der Waals surface area contributed by atoms with Crippen LogP contribution in [0.1, 0.15) is 17.3 Å². The van der Waals surface area contributed by atoms with Crippen molar-refractivity contribution >= 4 is 35.1 Å². The number of rotatable bonds is 7. The van der Waals surface area contributed by atoms with Gasteiger partial charge < -0.3 is 20.1 Å². The monoisotopic (exact) mass is 408 g/mol. The molecule has 28 heavy (non-hydrogen) atoms. The molecule has 0 unspecified atom stereocenters. The summed E-state index contributed by atoms with van der Waals surface area (Å²) in [5.41, 5.74) is 0.492. The lowest BCUT2D eigenvalue weighted by molar-refractivity contribution is -0.152. The zero-order chi connectivity index (χ0) is 20.7. The number of amides is 2. The van der Waals surface area contributed by atoms with Crippen molar-refractivity contribution in [2.75, 3.05) is 19.0 Å². The minimum Gasteiger partial charge on any atom is -0.497 e. The molecule has 0 radical (unpaired) electrons. The largest absolute Gasteiger partial charge is 0.497 e. The SMILES string of the molecule is COc1cccc(C(=O)NCC(=O)O[C@H](C)C(=O)Nc2ccc(F)cc2Cl)c1. The molecule has 0 spiro atoms. The van der Waals surface area contributed by atoms with Crippen molar-refractivity contribution in [1.29, 1.82) is 0 Å². The van der Waals surface area contributed by atoms with Gasteiger partial charge in [0, 0.05) is 5.56 Å². The maximum atomic E-state index is 13.0. The first-order valence-electron chi connectivity index (χ1n) is 8.18. The van der Waals surface area contributed by atoms with E-state index in [0.717, 1.165) is 12.1 Å². The van der Waals surface area contributed by atoms with Crippen LogP contribution in [-0.4, -0.2) is 37.5 Å². The second-order valence-corrected chi connectivity index (χ2v) is 6.07. The molecule has 2 amide bonds. The Labute approximate surface area is 165 Å². The van der Waals surface area contributed by atoms with Gasteiger partial charge >= 0.3 is 5.97 Å². The van der Waals surface area contributed by atoms with Crippen LogP contribution in [0.4, 0.5) is 10.1 Å². The number of anilines is 1. The Morgan fingerprint density at radius 1 is 1.18 bits per heavy atom. The summed E-state index contributed by atoms with van der Waals surface area (Å²) in [6.07, 6.45) is -1.15. The fourth-order valence-corrected chi connectivity index (χ4v) is 2.35. The van der Waals surface area contributed by atoms with E-state index in [4.69, 9.17) is 21.1 Å². The molecule has 2 aromatic rings. The van der Waals surface area contributed by atoms with E-state index in [1.165, 1.54) is 26.2 Å². The van der Waals surface area contributed by atoms with E-state index >= 15 is 0 Å². The van der Waals surface area contributed by atoms with E-state index in [9.17, 15) is 18.8 Å². The highest BCUT2D eigenvalue weighted by Crippen LogP contribution is 2.22. The number of halogens is 2. The van der Waals surface area contributed by atoms with Crippen LogP contribution in [0.2, 0.25) is 5.02 Å². The molecular formula is C19H18ClFN2O5. The van der Waals surface area contributed by atoms with Crippen molar-refractivity contribution in [1.82, 2.24) is 5.32 Å². The molecule has 7 nitrogen and oxygen atoms in total. The predicted molar refractivity (Wildman–Crippen MR) is 101 cm³/mol. The minimum atomic E-state index is -1.15. The third-order valence-corrected chi connectivity index (χ3v) is 3.90. The van der Waals surface area contributed by atoms with Gasteiger partial charge in [-0.1, -0.05) is 17.7 Å². The molecule has 2 rings (SSSR count). The van der Waals surface area contributed by atoms with Crippen molar-refractivity contribution in [2.45, 2.75) is 13.0 Å². The zero-order valence-corrected chi connectivity index (χ0v) is 15.9. The molecule has 0 aromatic heterocycles. The molecule has 0 saturated carbocycles. The van der Waals surface area contributed by atoms with Crippen LogP contribution in [0.25, 0.3) is 0 Å². The first kappa shape index (κ1) is 21.2. The van der Waals surface area contributed by atoms with Crippen LogP contribution in [0.15, 0.2) is 42.5 Å². The number of benzene rings is 2. The van der Waals surface area contributed by atoms with E-state index in [-0.39, 0.29) is 10.7 Å². The highest BCUT2D eigenvalue weighted by molar-refractivity contribution is 6.33. The summed E-state index contributed by atoms with van der Waals surface area (Å²) in [4.78, 5) is 36.0. The summed E-state index contributed by atoms with van der Waals surface area (Å²) < 4.78 is 23.0. The van der Waals surface area contributed by atoms with E-state index in [1.54, 1.807) is 18.2 Å². The van der Waals surface area contributed by atoms with Gasteiger partial charge in [0.2, 0.25) is 0 Å². The first-order chi connectivity index (χ1) is 13.3. The number of carbonyl (C=O) groups is 3. The lowest BCUT2D eigenvalue weighted by atomic mass is 10.2. The van der Waals surface area contributed by atoms with Crippen molar-refractivity contribution in [3.8, 4) is 5.75 Å². The van der Waals surface area contributed by atoms with Gasteiger partial charge in [-0.3, -0.25) is 14.4 Å². The van der Waals surface area contributed by atoms with Crippen molar-refractivity contribution < 1.29 is 28.2 Å². The quantitative estimate of drug-likeness (QED) is 0.687. The summed E-state index contributed by atoms with van der Waals surface area (Å²) in [5.74, 6) is -2.00. The molecule has 0 heterocycles. The maximum Gasteiger partial charge on any atom is 0.326 e. The topological polar surface area (TPSA) is 93.7 Å². The zero-order valence-electron chi connectivity index (χ0n) is 15.1. The fraction of sp³-hybridized carbons (Fsp3) is 0.211.